The topological polar surface area (TPSA) is 25.8 Å². The van der Waals surface area contributed by atoms with Gasteiger partial charge in [0.15, 0.2) is 0 Å². The maximum Gasteiger partial charge on any atom is 0.134 e. The van der Waals surface area contributed by atoms with Crippen molar-refractivity contribution >= 4 is 10.9 Å². The molecule has 3 heteroatoms. The van der Waals surface area contributed by atoms with Crippen molar-refractivity contribution in [2.45, 2.75) is 19.8 Å². The van der Waals surface area contributed by atoms with Gasteiger partial charge in [0, 0.05) is 0 Å². The van der Waals surface area contributed by atoms with Crippen molar-refractivity contribution in [2.24, 2.45) is 0 Å². The highest BCUT2D eigenvalue weighted by molar-refractivity contribution is 5.81. The highest BCUT2D eigenvalue weighted by Crippen LogP contribution is 2.19. The first-order chi connectivity index (χ1) is 6.83. The maximum absolute atomic E-state index is 13.5. The predicted octanol–water partition coefficient (Wildman–Crippen LogP) is 2.72. The summed E-state index contributed by atoms with van der Waals surface area (Å²) >= 11 is 0. The zero-order valence-corrected chi connectivity index (χ0v) is 8.00. The predicted molar refractivity (Wildman–Crippen MR) is 53.5 cm³/mol. The van der Waals surface area contributed by atoms with Crippen LogP contribution in [0, 0.1) is 5.82 Å². The van der Waals surface area contributed by atoms with Crippen LogP contribution in [0.1, 0.15) is 19.0 Å². The van der Waals surface area contributed by atoms with E-state index in [0.717, 1.165) is 18.5 Å². The summed E-state index contributed by atoms with van der Waals surface area (Å²) in [4.78, 5) is 8.14. The molecule has 0 radical (unpaired) electrons. The van der Waals surface area contributed by atoms with E-state index in [4.69, 9.17) is 0 Å². The molecular weight excluding hydrogens is 179 g/mol. The summed E-state index contributed by atoms with van der Waals surface area (Å²) in [6, 6.07) is 4.92. The first-order valence-electron chi connectivity index (χ1n) is 4.71. The second-order valence-electron chi connectivity index (χ2n) is 3.20. The summed E-state index contributed by atoms with van der Waals surface area (Å²) < 4.78 is 13.5. The number of hydrogen-bond donors (Lipinski definition) is 0. The van der Waals surface area contributed by atoms with Gasteiger partial charge in [-0.05, 0) is 18.6 Å². The number of rotatable bonds is 2. The van der Waals surface area contributed by atoms with Gasteiger partial charge in [-0.25, -0.2) is 14.4 Å². The largest absolute Gasteiger partial charge is 0.241 e. The van der Waals surface area contributed by atoms with Crippen LogP contribution in [0.15, 0.2) is 24.5 Å². The summed E-state index contributed by atoms with van der Waals surface area (Å²) in [5, 5.41) is 0.567. The van der Waals surface area contributed by atoms with Gasteiger partial charge in [-0.1, -0.05) is 19.4 Å². The van der Waals surface area contributed by atoms with Crippen molar-refractivity contribution in [1.29, 1.82) is 0 Å². The number of aromatic nitrogens is 2. The molecule has 0 aliphatic heterocycles. The summed E-state index contributed by atoms with van der Waals surface area (Å²) in [6.07, 6.45) is 3.24. The molecule has 0 aliphatic rings. The van der Waals surface area contributed by atoms with Crippen molar-refractivity contribution in [3.8, 4) is 0 Å². The minimum Gasteiger partial charge on any atom is -0.241 e. The Labute approximate surface area is 81.8 Å². The van der Waals surface area contributed by atoms with Crippen molar-refractivity contribution in [2.75, 3.05) is 0 Å². The monoisotopic (exact) mass is 190 g/mol. The lowest BCUT2D eigenvalue weighted by molar-refractivity contribution is 0.637. The van der Waals surface area contributed by atoms with Crippen molar-refractivity contribution in [1.82, 2.24) is 9.97 Å². The van der Waals surface area contributed by atoms with Crippen LogP contribution in [0.4, 0.5) is 4.39 Å². The second kappa shape index (κ2) is 3.70. The van der Waals surface area contributed by atoms with E-state index in [1.165, 1.54) is 12.4 Å². The molecule has 0 saturated heterocycles. The molecule has 1 aromatic heterocycles. The third-order valence-electron chi connectivity index (χ3n) is 2.18. The standard InChI is InChI=1S/C11H11FN2/c1-2-4-9-11-8(12)5-3-6-10(11)14-7-13-9/h3,5-7H,2,4H2,1H3. The zero-order chi connectivity index (χ0) is 9.97. The summed E-state index contributed by atoms with van der Waals surface area (Å²) in [7, 11) is 0. The Morgan fingerprint density at radius 3 is 2.93 bits per heavy atom. The average molecular weight is 190 g/mol. The minimum atomic E-state index is -0.230. The van der Waals surface area contributed by atoms with Crippen LogP contribution in [0.3, 0.4) is 0 Å². The molecule has 0 spiro atoms. The van der Waals surface area contributed by atoms with E-state index >= 15 is 0 Å². The summed E-state index contributed by atoms with van der Waals surface area (Å²) in [5.41, 5.74) is 1.49. The maximum atomic E-state index is 13.5. The van der Waals surface area contributed by atoms with Crippen LogP contribution < -0.4 is 0 Å². The fourth-order valence-corrected chi connectivity index (χ4v) is 1.56. The van der Waals surface area contributed by atoms with Gasteiger partial charge in [-0.15, -0.1) is 0 Å². The van der Waals surface area contributed by atoms with Gasteiger partial charge in [0.2, 0.25) is 0 Å². The quantitative estimate of drug-likeness (QED) is 0.727. The van der Waals surface area contributed by atoms with Crippen molar-refractivity contribution in [3.05, 3.63) is 36.0 Å². The first kappa shape index (κ1) is 9.06. The Balaban J connectivity index is 2.71. The van der Waals surface area contributed by atoms with Gasteiger partial charge in [0.05, 0.1) is 16.6 Å². The molecule has 0 N–H and O–H groups in total. The fourth-order valence-electron chi connectivity index (χ4n) is 1.56. The van der Waals surface area contributed by atoms with E-state index in [9.17, 15) is 4.39 Å². The molecule has 0 fully saturated rings. The highest BCUT2D eigenvalue weighted by Gasteiger charge is 2.06. The van der Waals surface area contributed by atoms with Crippen LogP contribution in [0.5, 0.6) is 0 Å². The highest BCUT2D eigenvalue weighted by atomic mass is 19.1. The van der Waals surface area contributed by atoms with Gasteiger partial charge in [-0.3, -0.25) is 0 Å². The molecule has 1 aromatic carbocycles. The van der Waals surface area contributed by atoms with Crippen LogP contribution in [-0.4, -0.2) is 9.97 Å². The molecule has 0 unspecified atom stereocenters. The molecule has 0 aliphatic carbocycles. The van der Waals surface area contributed by atoms with Crippen LogP contribution in [-0.2, 0) is 6.42 Å². The Hall–Kier alpha value is -1.51. The second-order valence-corrected chi connectivity index (χ2v) is 3.20. The molecule has 2 rings (SSSR count). The Morgan fingerprint density at radius 2 is 2.14 bits per heavy atom. The van der Waals surface area contributed by atoms with E-state index < -0.39 is 0 Å². The SMILES string of the molecule is CCCc1ncnc2cccc(F)c12. The molecule has 72 valence electrons. The fraction of sp³-hybridized carbons (Fsp3) is 0.273. The van der Waals surface area contributed by atoms with Gasteiger partial charge in [-0.2, -0.15) is 0 Å². The Morgan fingerprint density at radius 1 is 1.29 bits per heavy atom. The van der Waals surface area contributed by atoms with Gasteiger partial charge < -0.3 is 0 Å². The normalized spacial score (nSPS) is 10.7. The molecule has 0 atom stereocenters. The number of halogens is 1. The van der Waals surface area contributed by atoms with Gasteiger partial charge >= 0.3 is 0 Å². The van der Waals surface area contributed by atoms with Crippen LogP contribution >= 0.6 is 0 Å². The lowest BCUT2D eigenvalue weighted by Gasteiger charge is -2.03. The van der Waals surface area contributed by atoms with E-state index in [2.05, 4.69) is 16.9 Å². The number of aryl methyl sites for hydroxylation is 1. The lowest BCUT2D eigenvalue weighted by atomic mass is 10.1. The Bertz CT molecular complexity index is 449. The van der Waals surface area contributed by atoms with E-state index in [-0.39, 0.29) is 5.82 Å². The molecular formula is C11H11FN2. The summed E-state index contributed by atoms with van der Waals surface area (Å²) in [5.74, 6) is -0.230. The lowest BCUT2D eigenvalue weighted by Crippen LogP contribution is -1.95. The van der Waals surface area contributed by atoms with E-state index in [1.807, 2.05) is 0 Å². The van der Waals surface area contributed by atoms with E-state index in [1.54, 1.807) is 12.1 Å². The number of hydrogen-bond acceptors (Lipinski definition) is 2. The van der Waals surface area contributed by atoms with Gasteiger partial charge in [0.1, 0.15) is 12.1 Å². The first-order valence-corrected chi connectivity index (χ1v) is 4.71. The van der Waals surface area contributed by atoms with Crippen molar-refractivity contribution in [3.63, 3.8) is 0 Å². The van der Waals surface area contributed by atoms with Crippen LogP contribution in [0.2, 0.25) is 0 Å². The van der Waals surface area contributed by atoms with E-state index in [0.29, 0.717) is 10.9 Å². The smallest absolute Gasteiger partial charge is 0.134 e. The number of nitrogens with zero attached hydrogens (tertiary/aromatic N) is 2. The van der Waals surface area contributed by atoms with Crippen molar-refractivity contribution < 1.29 is 4.39 Å². The summed E-state index contributed by atoms with van der Waals surface area (Å²) in [6.45, 7) is 2.05. The third kappa shape index (κ3) is 1.45. The van der Waals surface area contributed by atoms with Gasteiger partial charge in [0.25, 0.3) is 0 Å². The average Bonchev–Trinajstić information content (AvgIpc) is 2.19. The molecule has 0 bridgehead atoms. The molecule has 2 aromatic rings. The third-order valence-corrected chi connectivity index (χ3v) is 2.18. The molecule has 2 nitrogen and oxygen atoms in total. The minimum absolute atomic E-state index is 0.230. The van der Waals surface area contributed by atoms with Crippen LogP contribution in [0.25, 0.3) is 10.9 Å². The zero-order valence-electron chi connectivity index (χ0n) is 8.00. The number of benzene rings is 1. The Kier molecular flexibility index (Phi) is 2.39. The number of fused-ring (bicyclic) bond motifs is 1. The molecule has 14 heavy (non-hydrogen) atoms. The molecule has 0 amide bonds. The molecule has 1 heterocycles. The molecule has 0 saturated carbocycles.